The van der Waals surface area contributed by atoms with Crippen LogP contribution in [0.15, 0.2) is 12.1 Å². The molecule has 1 unspecified atom stereocenters. The quantitative estimate of drug-likeness (QED) is 0.634. The van der Waals surface area contributed by atoms with Gasteiger partial charge in [0, 0.05) is 19.2 Å². The van der Waals surface area contributed by atoms with Crippen LogP contribution in [0, 0.1) is 21.4 Å². The molecule has 0 aromatic heterocycles. The molecule has 6 nitrogen and oxygen atoms in total. The normalized spacial score (nSPS) is 11.5. The van der Waals surface area contributed by atoms with Crippen molar-refractivity contribution in [3.05, 3.63) is 37.9 Å². The second-order valence-corrected chi connectivity index (χ2v) is 4.55. The van der Waals surface area contributed by atoms with E-state index in [1.54, 1.807) is 0 Å². The Labute approximate surface area is 119 Å². The molecule has 0 saturated heterocycles. The SMILES string of the molecule is CC(C#N)N(C)C(=O)c1cc([N+](=O)[O-])cc(Cl)c1Cl. The molecule has 0 aliphatic rings. The summed E-state index contributed by atoms with van der Waals surface area (Å²) < 4.78 is 0. The number of hydrogen-bond donors (Lipinski definition) is 0. The fourth-order valence-corrected chi connectivity index (χ4v) is 1.69. The van der Waals surface area contributed by atoms with Gasteiger partial charge in [-0.3, -0.25) is 14.9 Å². The standard InChI is InChI=1S/C11H9Cl2N3O3/c1-6(5-14)15(2)11(17)8-3-7(16(18)19)4-9(12)10(8)13/h3-4,6H,1-2H3. The number of nitriles is 1. The molecule has 1 amide bonds. The molecular formula is C11H9Cl2N3O3. The van der Waals surface area contributed by atoms with Gasteiger partial charge in [0.1, 0.15) is 6.04 Å². The van der Waals surface area contributed by atoms with E-state index < -0.39 is 16.9 Å². The molecule has 1 aromatic rings. The van der Waals surface area contributed by atoms with E-state index in [0.717, 1.165) is 17.0 Å². The summed E-state index contributed by atoms with van der Waals surface area (Å²) >= 11 is 11.6. The maximum atomic E-state index is 12.1. The first-order valence-electron chi connectivity index (χ1n) is 5.09. The van der Waals surface area contributed by atoms with E-state index in [4.69, 9.17) is 28.5 Å². The lowest BCUT2D eigenvalue weighted by Gasteiger charge is -2.20. The monoisotopic (exact) mass is 301 g/mol. The zero-order valence-corrected chi connectivity index (χ0v) is 11.6. The highest BCUT2D eigenvalue weighted by molar-refractivity contribution is 6.44. The lowest BCUT2D eigenvalue weighted by Crippen LogP contribution is -2.34. The van der Waals surface area contributed by atoms with Crippen LogP contribution in [0.5, 0.6) is 0 Å². The first-order valence-corrected chi connectivity index (χ1v) is 5.85. The van der Waals surface area contributed by atoms with Crippen LogP contribution >= 0.6 is 23.2 Å². The van der Waals surface area contributed by atoms with Crippen molar-refractivity contribution in [1.82, 2.24) is 4.90 Å². The summed E-state index contributed by atoms with van der Waals surface area (Å²) in [6.45, 7) is 1.52. The third kappa shape index (κ3) is 3.13. The Kier molecular flexibility index (Phi) is 4.70. The molecule has 8 heteroatoms. The van der Waals surface area contributed by atoms with Crippen molar-refractivity contribution in [3.63, 3.8) is 0 Å². The summed E-state index contributed by atoms with van der Waals surface area (Å²) in [5.41, 5.74) is -0.443. The molecule has 0 fully saturated rings. The van der Waals surface area contributed by atoms with Crippen molar-refractivity contribution in [1.29, 1.82) is 5.26 Å². The molecule has 0 spiro atoms. The second kappa shape index (κ2) is 5.87. The fourth-order valence-electron chi connectivity index (χ4n) is 1.29. The third-order valence-electron chi connectivity index (χ3n) is 2.54. The van der Waals surface area contributed by atoms with Gasteiger partial charge < -0.3 is 4.90 Å². The number of carbonyl (C=O) groups excluding carboxylic acids is 1. The van der Waals surface area contributed by atoms with E-state index in [1.807, 2.05) is 6.07 Å². The minimum Gasteiger partial charge on any atom is -0.326 e. The summed E-state index contributed by atoms with van der Waals surface area (Å²) in [4.78, 5) is 23.3. The number of hydrogen-bond acceptors (Lipinski definition) is 4. The van der Waals surface area contributed by atoms with Crippen LogP contribution in [0.3, 0.4) is 0 Å². The van der Waals surface area contributed by atoms with Crippen molar-refractivity contribution in [2.75, 3.05) is 7.05 Å². The summed E-state index contributed by atoms with van der Waals surface area (Å²) in [5, 5.41) is 19.3. The van der Waals surface area contributed by atoms with Gasteiger partial charge in [-0.15, -0.1) is 0 Å². The molecule has 1 atom stereocenters. The number of carbonyl (C=O) groups is 1. The molecule has 0 aliphatic heterocycles. The smallest absolute Gasteiger partial charge is 0.271 e. The van der Waals surface area contributed by atoms with Crippen LogP contribution in [0.2, 0.25) is 10.0 Å². The van der Waals surface area contributed by atoms with Crippen LogP contribution in [-0.2, 0) is 0 Å². The van der Waals surface area contributed by atoms with E-state index in [-0.39, 0.29) is 21.3 Å². The Morgan fingerprint density at radius 2 is 2.11 bits per heavy atom. The zero-order valence-electron chi connectivity index (χ0n) is 10.1. The Morgan fingerprint density at radius 1 is 1.53 bits per heavy atom. The predicted molar refractivity (Wildman–Crippen MR) is 70.3 cm³/mol. The number of amides is 1. The maximum absolute atomic E-state index is 12.1. The summed E-state index contributed by atoms with van der Waals surface area (Å²) in [6, 6.07) is 3.29. The summed E-state index contributed by atoms with van der Waals surface area (Å²) in [6.07, 6.45) is 0. The fraction of sp³-hybridized carbons (Fsp3) is 0.273. The van der Waals surface area contributed by atoms with Crippen LogP contribution in [0.25, 0.3) is 0 Å². The molecule has 0 heterocycles. The van der Waals surface area contributed by atoms with Gasteiger partial charge in [-0.25, -0.2) is 0 Å². The van der Waals surface area contributed by atoms with Gasteiger partial charge in [-0.05, 0) is 6.92 Å². The summed E-state index contributed by atoms with van der Waals surface area (Å²) in [7, 11) is 1.40. The number of nitrogens with zero attached hydrogens (tertiary/aromatic N) is 3. The van der Waals surface area contributed by atoms with Gasteiger partial charge >= 0.3 is 0 Å². The van der Waals surface area contributed by atoms with Crippen LogP contribution in [-0.4, -0.2) is 28.8 Å². The van der Waals surface area contributed by atoms with Gasteiger partial charge in [0.25, 0.3) is 11.6 Å². The molecule has 100 valence electrons. The highest BCUT2D eigenvalue weighted by atomic mass is 35.5. The van der Waals surface area contributed by atoms with Crippen LogP contribution < -0.4 is 0 Å². The Morgan fingerprint density at radius 3 is 2.58 bits per heavy atom. The number of rotatable bonds is 3. The maximum Gasteiger partial charge on any atom is 0.271 e. The van der Waals surface area contributed by atoms with Gasteiger partial charge in [0.05, 0.1) is 26.6 Å². The highest BCUT2D eigenvalue weighted by Gasteiger charge is 2.24. The number of halogens is 2. The average molecular weight is 302 g/mol. The van der Waals surface area contributed by atoms with Crippen molar-refractivity contribution >= 4 is 34.8 Å². The van der Waals surface area contributed by atoms with E-state index in [2.05, 4.69) is 0 Å². The van der Waals surface area contributed by atoms with Crippen molar-refractivity contribution < 1.29 is 9.72 Å². The molecule has 1 aromatic carbocycles. The lowest BCUT2D eigenvalue weighted by molar-refractivity contribution is -0.384. The van der Waals surface area contributed by atoms with E-state index in [0.29, 0.717) is 0 Å². The largest absolute Gasteiger partial charge is 0.326 e. The van der Waals surface area contributed by atoms with Crippen molar-refractivity contribution in [2.24, 2.45) is 0 Å². The molecule has 0 saturated carbocycles. The van der Waals surface area contributed by atoms with Gasteiger partial charge in [0.15, 0.2) is 0 Å². The Hall–Kier alpha value is -1.84. The molecule has 0 N–H and O–H groups in total. The Bertz CT molecular complexity index is 583. The van der Waals surface area contributed by atoms with Gasteiger partial charge in [0.2, 0.25) is 0 Å². The third-order valence-corrected chi connectivity index (χ3v) is 3.34. The van der Waals surface area contributed by atoms with Crippen LogP contribution in [0.1, 0.15) is 17.3 Å². The first-order chi connectivity index (χ1) is 8.79. The number of non-ortho nitro benzene ring substituents is 1. The Balaban J connectivity index is 3.31. The minimum atomic E-state index is -0.693. The predicted octanol–water partition coefficient (Wildman–Crippen LogP) is 2.89. The molecule has 0 bridgehead atoms. The van der Waals surface area contributed by atoms with E-state index in [1.165, 1.54) is 14.0 Å². The molecule has 1 rings (SSSR count). The van der Waals surface area contributed by atoms with E-state index in [9.17, 15) is 14.9 Å². The average Bonchev–Trinajstić information content (AvgIpc) is 2.38. The number of benzene rings is 1. The minimum absolute atomic E-state index is 0.0748. The highest BCUT2D eigenvalue weighted by Crippen LogP contribution is 2.31. The molecule has 0 aliphatic carbocycles. The van der Waals surface area contributed by atoms with Crippen molar-refractivity contribution in [2.45, 2.75) is 13.0 Å². The van der Waals surface area contributed by atoms with Gasteiger partial charge in [-0.1, -0.05) is 23.2 Å². The summed E-state index contributed by atoms with van der Waals surface area (Å²) in [5.74, 6) is -0.607. The second-order valence-electron chi connectivity index (χ2n) is 3.77. The topological polar surface area (TPSA) is 87.2 Å². The zero-order chi connectivity index (χ0) is 14.7. The van der Waals surface area contributed by atoms with Crippen LogP contribution in [0.4, 0.5) is 5.69 Å². The van der Waals surface area contributed by atoms with Gasteiger partial charge in [-0.2, -0.15) is 5.26 Å². The molecular weight excluding hydrogens is 293 g/mol. The van der Waals surface area contributed by atoms with E-state index >= 15 is 0 Å². The number of nitro benzene ring substituents is 1. The lowest BCUT2D eigenvalue weighted by atomic mass is 10.1. The molecule has 19 heavy (non-hydrogen) atoms. The number of nitro groups is 1. The first kappa shape index (κ1) is 15.2. The van der Waals surface area contributed by atoms with Crippen molar-refractivity contribution in [3.8, 4) is 6.07 Å². The molecule has 0 radical (unpaired) electrons.